The van der Waals surface area contributed by atoms with Crippen LogP contribution in [0.3, 0.4) is 0 Å². The Hall–Kier alpha value is -1.55. The largest absolute Gasteiger partial charge is 0.348 e. The number of likely N-dealkylation sites (tertiary alicyclic amines) is 1. The highest BCUT2D eigenvalue weighted by atomic mass is 35.5. The zero-order chi connectivity index (χ0) is 18.5. The van der Waals surface area contributed by atoms with Crippen LogP contribution in [0.25, 0.3) is 0 Å². The second-order valence-electron chi connectivity index (χ2n) is 7.11. The zero-order valence-electron chi connectivity index (χ0n) is 14.9. The van der Waals surface area contributed by atoms with Crippen molar-refractivity contribution in [1.29, 1.82) is 0 Å². The third-order valence-electron chi connectivity index (χ3n) is 4.83. The SMILES string of the molecule is CC1CCN(CC(NC(=O)Cc2ccc(Cl)c(Cl)c2)c2ccccc2)C1. The molecular weight excluding hydrogens is 367 g/mol. The van der Waals surface area contributed by atoms with Gasteiger partial charge in [-0.05, 0) is 42.1 Å². The van der Waals surface area contributed by atoms with E-state index in [9.17, 15) is 4.79 Å². The number of benzene rings is 2. The van der Waals surface area contributed by atoms with Crippen LogP contribution in [0.1, 0.15) is 30.5 Å². The molecule has 0 saturated carbocycles. The minimum absolute atomic E-state index is 0.00973. The number of amides is 1. The second-order valence-corrected chi connectivity index (χ2v) is 7.92. The molecule has 1 heterocycles. The summed E-state index contributed by atoms with van der Waals surface area (Å²) in [5, 5.41) is 4.18. The van der Waals surface area contributed by atoms with E-state index in [0.29, 0.717) is 10.0 Å². The van der Waals surface area contributed by atoms with Gasteiger partial charge in [-0.3, -0.25) is 4.79 Å². The molecule has 1 fully saturated rings. The van der Waals surface area contributed by atoms with Gasteiger partial charge in [-0.15, -0.1) is 0 Å². The fourth-order valence-electron chi connectivity index (χ4n) is 3.45. The van der Waals surface area contributed by atoms with Crippen LogP contribution in [-0.4, -0.2) is 30.4 Å². The van der Waals surface area contributed by atoms with Gasteiger partial charge in [0.1, 0.15) is 0 Å². The molecule has 1 aliphatic heterocycles. The maximum absolute atomic E-state index is 12.6. The lowest BCUT2D eigenvalue weighted by molar-refractivity contribution is -0.121. The molecule has 2 aromatic carbocycles. The Balaban J connectivity index is 1.68. The van der Waals surface area contributed by atoms with Crippen LogP contribution in [-0.2, 0) is 11.2 Å². The van der Waals surface area contributed by atoms with Crippen LogP contribution < -0.4 is 5.32 Å². The zero-order valence-corrected chi connectivity index (χ0v) is 16.4. The number of hydrogen-bond acceptors (Lipinski definition) is 2. The summed E-state index contributed by atoms with van der Waals surface area (Å²) in [6, 6.07) is 15.5. The van der Waals surface area contributed by atoms with E-state index in [2.05, 4.69) is 29.3 Å². The topological polar surface area (TPSA) is 32.3 Å². The lowest BCUT2D eigenvalue weighted by atomic mass is 10.1. The highest BCUT2D eigenvalue weighted by Crippen LogP contribution is 2.23. The van der Waals surface area contributed by atoms with Gasteiger partial charge in [-0.25, -0.2) is 0 Å². The van der Waals surface area contributed by atoms with E-state index in [4.69, 9.17) is 23.2 Å². The highest BCUT2D eigenvalue weighted by Gasteiger charge is 2.23. The summed E-state index contributed by atoms with van der Waals surface area (Å²) < 4.78 is 0. The fourth-order valence-corrected chi connectivity index (χ4v) is 3.77. The second kappa shape index (κ2) is 8.90. The van der Waals surface area contributed by atoms with Gasteiger partial charge in [0, 0.05) is 13.1 Å². The number of carbonyl (C=O) groups is 1. The Labute approximate surface area is 165 Å². The lowest BCUT2D eigenvalue weighted by Crippen LogP contribution is -2.37. The Morgan fingerprint density at radius 2 is 1.96 bits per heavy atom. The molecule has 26 heavy (non-hydrogen) atoms. The number of halogens is 2. The number of nitrogens with one attached hydrogen (secondary N) is 1. The predicted octanol–water partition coefficient (Wildman–Crippen LogP) is 4.74. The molecule has 0 bridgehead atoms. The van der Waals surface area contributed by atoms with Gasteiger partial charge in [-0.2, -0.15) is 0 Å². The first kappa shape index (κ1) is 19.2. The van der Waals surface area contributed by atoms with Crippen molar-refractivity contribution in [1.82, 2.24) is 10.2 Å². The quantitative estimate of drug-likeness (QED) is 0.772. The smallest absolute Gasteiger partial charge is 0.224 e. The molecule has 0 aliphatic carbocycles. The van der Waals surface area contributed by atoms with Gasteiger partial charge < -0.3 is 10.2 Å². The van der Waals surface area contributed by atoms with Crippen molar-refractivity contribution in [2.24, 2.45) is 5.92 Å². The fraction of sp³-hybridized carbons (Fsp3) is 0.381. The maximum atomic E-state index is 12.6. The molecule has 0 aromatic heterocycles. The van der Waals surface area contributed by atoms with Crippen molar-refractivity contribution in [2.75, 3.05) is 19.6 Å². The molecule has 0 radical (unpaired) electrons. The van der Waals surface area contributed by atoms with Crippen LogP contribution in [0.5, 0.6) is 0 Å². The minimum atomic E-state index is -0.0169. The Morgan fingerprint density at radius 1 is 1.19 bits per heavy atom. The number of rotatable bonds is 6. The molecule has 1 N–H and O–H groups in total. The van der Waals surface area contributed by atoms with Gasteiger partial charge in [0.25, 0.3) is 0 Å². The van der Waals surface area contributed by atoms with E-state index < -0.39 is 0 Å². The van der Waals surface area contributed by atoms with Gasteiger partial charge in [0.05, 0.1) is 22.5 Å². The molecule has 3 rings (SSSR count). The number of hydrogen-bond donors (Lipinski definition) is 1. The molecule has 2 atom stereocenters. The maximum Gasteiger partial charge on any atom is 0.224 e. The van der Waals surface area contributed by atoms with Crippen molar-refractivity contribution in [2.45, 2.75) is 25.8 Å². The first-order chi connectivity index (χ1) is 12.5. The van der Waals surface area contributed by atoms with Crippen molar-refractivity contribution in [3.8, 4) is 0 Å². The number of nitrogens with zero attached hydrogens (tertiary/aromatic N) is 1. The molecule has 138 valence electrons. The Kier molecular flexibility index (Phi) is 6.58. The monoisotopic (exact) mass is 390 g/mol. The van der Waals surface area contributed by atoms with Crippen molar-refractivity contribution >= 4 is 29.1 Å². The summed E-state index contributed by atoms with van der Waals surface area (Å²) in [4.78, 5) is 15.1. The first-order valence-electron chi connectivity index (χ1n) is 9.02. The van der Waals surface area contributed by atoms with Crippen molar-refractivity contribution in [3.63, 3.8) is 0 Å². The van der Waals surface area contributed by atoms with Crippen molar-refractivity contribution in [3.05, 3.63) is 69.7 Å². The lowest BCUT2D eigenvalue weighted by Gasteiger charge is -2.25. The molecular formula is C21H24Cl2N2O. The summed E-state index contributed by atoms with van der Waals surface area (Å²) in [5.41, 5.74) is 1.99. The third kappa shape index (κ3) is 5.23. The van der Waals surface area contributed by atoms with E-state index in [0.717, 1.165) is 36.7 Å². The first-order valence-corrected chi connectivity index (χ1v) is 9.77. The van der Waals surface area contributed by atoms with Gasteiger partial charge in [-0.1, -0.05) is 66.5 Å². The molecule has 1 saturated heterocycles. The summed E-state index contributed by atoms with van der Waals surface area (Å²) in [5.74, 6) is 0.711. The van der Waals surface area contributed by atoms with Crippen LogP contribution in [0.15, 0.2) is 48.5 Å². The third-order valence-corrected chi connectivity index (χ3v) is 5.57. The molecule has 1 aliphatic rings. The minimum Gasteiger partial charge on any atom is -0.348 e. The van der Waals surface area contributed by atoms with E-state index in [-0.39, 0.29) is 18.4 Å². The summed E-state index contributed by atoms with van der Waals surface area (Å²) in [6.07, 6.45) is 1.51. The van der Waals surface area contributed by atoms with Crippen molar-refractivity contribution < 1.29 is 4.79 Å². The van der Waals surface area contributed by atoms with Gasteiger partial charge >= 0.3 is 0 Å². The Bertz CT molecular complexity index is 751. The molecule has 1 amide bonds. The van der Waals surface area contributed by atoms with E-state index in [1.165, 1.54) is 6.42 Å². The summed E-state index contributed by atoms with van der Waals surface area (Å²) in [6.45, 7) is 5.29. The van der Waals surface area contributed by atoms with E-state index >= 15 is 0 Å². The van der Waals surface area contributed by atoms with E-state index in [1.54, 1.807) is 12.1 Å². The summed E-state index contributed by atoms with van der Waals surface area (Å²) >= 11 is 12.0. The van der Waals surface area contributed by atoms with Crippen LogP contribution in [0, 0.1) is 5.92 Å². The Morgan fingerprint density at radius 3 is 2.62 bits per heavy atom. The van der Waals surface area contributed by atoms with Crippen LogP contribution in [0.4, 0.5) is 0 Å². The standard InChI is InChI=1S/C21H24Cl2N2O/c1-15-9-10-25(13-15)14-20(17-5-3-2-4-6-17)24-21(26)12-16-7-8-18(22)19(23)11-16/h2-8,11,15,20H,9-10,12-14H2,1H3,(H,24,26). The summed E-state index contributed by atoms with van der Waals surface area (Å²) in [7, 11) is 0. The van der Waals surface area contributed by atoms with Gasteiger partial charge in [0.15, 0.2) is 0 Å². The molecule has 2 aromatic rings. The molecule has 0 spiro atoms. The highest BCUT2D eigenvalue weighted by molar-refractivity contribution is 6.42. The number of carbonyl (C=O) groups excluding carboxylic acids is 1. The normalized spacial score (nSPS) is 18.7. The molecule has 3 nitrogen and oxygen atoms in total. The average Bonchev–Trinajstić information content (AvgIpc) is 3.03. The van der Waals surface area contributed by atoms with E-state index in [1.807, 2.05) is 24.3 Å². The predicted molar refractivity (Wildman–Crippen MR) is 108 cm³/mol. The molecule has 2 unspecified atom stereocenters. The van der Waals surface area contributed by atoms with Crippen LogP contribution in [0.2, 0.25) is 10.0 Å². The van der Waals surface area contributed by atoms with Crippen LogP contribution >= 0.6 is 23.2 Å². The average molecular weight is 391 g/mol. The van der Waals surface area contributed by atoms with Gasteiger partial charge in [0.2, 0.25) is 5.91 Å². The molecule has 5 heteroatoms.